The van der Waals surface area contributed by atoms with Crippen molar-refractivity contribution in [3.63, 3.8) is 0 Å². The fourth-order valence-electron chi connectivity index (χ4n) is 3.03. The Bertz CT molecular complexity index is 1300. The van der Waals surface area contributed by atoms with Gasteiger partial charge in [-0.1, -0.05) is 0 Å². The van der Waals surface area contributed by atoms with Crippen LogP contribution in [0.2, 0.25) is 0 Å². The third-order valence-corrected chi connectivity index (χ3v) is 4.82. The van der Waals surface area contributed by atoms with Gasteiger partial charge >= 0.3 is 5.97 Å². The first kappa shape index (κ1) is 27.3. The molecule has 0 aliphatic rings. The molecule has 0 unspecified atom stereocenters. The van der Waals surface area contributed by atoms with Gasteiger partial charge in [-0.05, 0) is 46.8 Å². The Kier molecular flexibility index (Phi) is 9.33. The maximum absolute atomic E-state index is 11.7. The second kappa shape index (κ2) is 12.6. The van der Waals surface area contributed by atoms with Gasteiger partial charge in [0.1, 0.15) is 29.9 Å². The van der Waals surface area contributed by atoms with Crippen molar-refractivity contribution in [1.82, 2.24) is 39.9 Å². The highest BCUT2D eigenvalue weighted by Crippen LogP contribution is 2.16. The Labute approximate surface area is 216 Å². The van der Waals surface area contributed by atoms with E-state index in [2.05, 4.69) is 39.9 Å². The summed E-state index contributed by atoms with van der Waals surface area (Å²) < 4.78 is 5.29. The van der Waals surface area contributed by atoms with Crippen molar-refractivity contribution in [3.8, 4) is 22.5 Å². The van der Waals surface area contributed by atoms with Gasteiger partial charge in [-0.2, -0.15) is 0 Å². The number of hydrogen-bond donors (Lipinski definition) is 1. The Hall–Kier alpha value is -4.25. The zero-order valence-corrected chi connectivity index (χ0v) is 21.7. The summed E-state index contributed by atoms with van der Waals surface area (Å²) in [7, 11) is 0. The first-order valence-corrected chi connectivity index (χ1v) is 11.7. The van der Waals surface area contributed by atoms with E-state index in [1.807, 2.05) is 46.8 Å². The summed E-state index contributed by atoms with van der Waals surface area (Å²) in [5.41, 5.74) is 9.87. The lowest BCUT2D eigenvalue weighted by Gasteiger charge is -2.19. The predicted molar refractivity (Wildman–Crippen MR) is 138 cm³/mol. The maximum atomic E-state index is 11.7. The number of hydrogen-bond acceptors (Lipinski definition) is 11. The summed E-state index contributed by atoms with van der Waals surface area (Å²) in [5.74, 6) is 1.22. The van der Waals surface area contributed by atoms with Gasteiger partial charge in [0.15, 0.2) is 0 Å². The van der Waals surface area contributed by atoms with Gasteiger partial charge in [-0.25, -0.2) is 39.9 Å². The average molecular weight is 502 g/mol. The highest BCUT2D eigenvalue weighted by atomic mass is 16.6. The minimum atomic E-state index is -0.465. The number of rotatable bonds is 6. The van der Waals surface area contributed by atoms with Crippen LogP contribution in [0.1, 0.15) is 50.2 Å². The van der Waals surface area contributed by atoms with E-state index in [1.54, 1.807) is 24.8 Å². The van der Waals surface area contributed by atoms with Crippen LogP contribution in [-0.4, -0.2) is 51.4 Å². The molecule has 4 heterocycles. The molecule has 0 aromatic carbocycles. The fourth-order valence-corrected chi connectivity index (χ4v) is 3.03. The maximum Gasteiger partial charge on any atom is 0.306 e. The molecule has 0 atom stereocenters. The largest absolute Gasteiger partial charge is 0.460 e. The quantitative estimate of drug-likeness (QED) is 0.387. The number of aryl methyl sites for hydroxylation is 3. The summed E-state index contributed by atoms with van der Waals surface area (Å²) in [5, 5.41) is 0. The molecule has 0 aliphatic carbocycles. The minimum absolute atomic E-state index is 0.230. The number of esters is 1. The third kappa shape index (κ3) is 9.04. The Balaban J connectivity index is 0.000000220. The van der Waals surface area contributed by atoms with Crippen molar-refractivity contribution in [2.24, 2.45) is 5.73 Å². The zero-order chi connectivity index (χ0) is 26.8. The average Bonchev–Trinajstić information content (AvgIpc) is 2.88. The van der Waals surface area contributed by atoms with E-state index in [-0.39, 0.29) is 12.4 Å². The molecule has 11 nitrogen and oxygen atoms in total. The molecular weight excluding hydrogens is 470 g/mol. The number of aromatic nitrogens is 8. The summed E-state index contributed by atoms with van der Waals surface area (Å²) >= 11 is 0. The van der Waals surface area contributed by atoms with E-state index < -0.39 is 5.60 Å². The van der Waals surface area contributed by atoms with Crippen LogP contribution in [0.3, 0.4) is 0 Å². The molecular formula is C26H31N9O2. The van der Waals surface area contributed by atoms with Crippen molar-refractivity contribution < 1.29 is 9.53 Å². The molecule has 192 valence electrons. The van der Waals surface area contributed by atoms with Crippen molar-refractivity contribution >= 4 is 5.97 Å². The van der Waals surface area contributed by atoms with E-state index in [4.69, 9.17) is 10.5 Å². The normalized spacial score (nSPS) is 10.9. The monoisotopic (exact) mass is 501 g/mol. The van der Waals surface area contributed by atoms with Gasteiger partial charge in [0.05, 0.1) is 23.5 Å². The molecule has 37 heavy (non-hydrogen) atoms. The second-order valence-electron chi connectivity index (χ2n) is 9.12. The van der Waals surface area contributed by atoms with E-state index in [0.717, 1.165) is 39.7 Å². The molecule has 4 aromatic heterocycles. The lowest BCUT2D eigenvalue weighted by atomic mass is 10.1. The van der Waals surface area contributed by atoms with Gasteiger partial charge in [0.2, 0.25) is 0 Å². The van der Waals surface area contributed by atoms with Crippen molar-refractivity contribution in [2.75, 3.05) is 0 Å². The van der Waals surface area contributed by atoms with Gasteiger partial charge in [0.25, 0.3) is 0 Å². The molecule has 0 radical (unpaired) electrons. The lowest BCUT2D eigenvalue weighted by Crippen LogP contribution is -2.24. The van der Waals surface area contributed by atoms with Crippen molar-refractivity contribution in [2.45, 2.75) is 59.6 Å². The van der Waals surface area contributed by atoms with Crippen molar-refractivity contribution in [1.29, 1.82) is 0 Å². The van der Waals surface area contributed by atoms with E-state index in [9.17, 15) is 4.79 Å². The lowest BCUT2D eigenvalue weighted by molar-refractivity contribution is -0.154. The number of nitrogens with two attached hydrogens (primary N) is 1. The zero-order valence-electron chi connectivity index (χ0n) is 21.7. The molecule has 2 N–H and O–H groups in total. The van der Waals surface area contributed by atoms with Crippen LogP contribution < -0.4 is 5.73 Å². The summed E-state index contributed by atoms with van der Waals surface area (Å²) in [6.45, 7) is 9.63. The van der Waals surface area contributed by atoms with E-state index >= 15 is 0 Å². The van der Waals surface area contributed by atoms with Gasteiger partial charge < -0.3 is 10.5 Å². The topological polar surface area (TPSA) is 155 Å². The summed E-state index contributed by atoms with van der Waals surface area (Å²) in [4.78, 5) is 44.8. The van der Waals surface area contributed by atoms with Crippen LogP contribution in [0.4, 0.5) is 0 Å². The standard InChI is InChI=1S/C16H20N4O2.C10H11N5/c1-11-17-8-12(9-18-11)14-7-13(19-10-20-14)5-6-15(21)22-16(2,3)4;1-7-12-4-8(5-13-7)10-2-9(3-11)14-6-15-10/h7-10H,5-6H2,1-4H3;2,4-6H,3,11H2,1H3. The number of carbonyl (C=O) groups excluding carboxylic acids is 1. The van der Waals surface area contributed by atoms with Crippen LogP contribution >= 0.6 is 0 Å². The van der Waals surface area contributed by atoms with Gasteiger partial charge in [-0.15, -0.1) is 0 Å². The Morgan fingerprint density at radius 1 is 0.757 bits per heavy atom. The van der Waals surface area contributed by atoms with Crippen LogP contribution in [0.5, 0.6) is 0 Å². The molecule has 0 bridgehead atoms. The van der Waals surface area contributed by atoms with Gasteiger partial charge in [-0.3, -0.25) is 4.79 Å². The molecule has 0 saturated carbocycles. The van der Waals surface area contributed by atoms with Crippen LogP contribution in [0, 0.1) is 13.8 Å². The molecule has 0 amide bonds. The summed E-state index contributed by atoms with van der Waals surface area (Å²) in [6.07, 6.45) is 10.7. The Morgan fingerprint density at radius 2 is 1.22 bits per heavy atom. The second-order valence-corrected chi connectivity index (χ2v) is 9.12. The van der Waals surface area contributed by atoms with E-state index in [0.29, 0.717) is 18.8 Å². The number of ether oxygens (including phenoxy) is 1. The molecule has 0 spiro atoms. The molecule has 0 aliphatic heterocycles. The first-order chi connectivity index (χ1) is 17.6. The predicted octanol–water partition coefficient (Wildman–Crippen LogP) is 3.22. The fraction of sp³-hybridized carbons (Fsp3) is 0.346. The third-order valence-electron chi connectivity index (χ3n) is 4.82. The number of carbonyl (C=O) groups is 1. The molecule has 4 rings (SSSR count). The number of nitrogens with zero attached hydrogens (tertiary/aromatic N) is 8. The molecule has 4 aromatic rings. The first-order valence-electron chi connectivity index (χ1n) is 11.7. The van der Waals surface area contributed by atoms with Crippen LogP contribution in [0.15, 0.2) is 49.6 Å². The minimum Gasteiger partial charge on any atom is -0.460 e. The van der Waals surface area contributed by atoms with Crippen LogP contribution in [-0.2, 0) is 22.5 Å². The Morgan fingerprint density at radius 3 is 1.68 bits per heavy atom. The molecule has 0 fully saturated rings. The van der Waals surface area contributed by atoms with Crippen LogP contribution in [0.25, 0.3) is 22.5 Å². The molecule has 11 heteroatoms. The highest BCUT2D eigenvalue weighted by molar-refractivity contribution is 5.70. The van der Waals surface area contributed by atoms with Gasteiger partial charge in [0, 0.05) is 54.6 Å². The molecule has 0 saturated heterocycles. The SMILES string of the molecule is Cc1ncc(-c2cc(CCC(=O)OC(C)(C)C)ncn2)cn1.Cc1ncc(-c2cc(CN)ncn2)cn1. The van der Waals surface area contributed by atoms with Crippen molar-refractivity contribution in [3.05, 3.63) is 72.6 Å². The van der Waals surface area contributed by atoms with E-state index in [1.165, 1.54) is 12.7 Å². The summed E-state index contributed by atoms with van der Waals surface area (Å²) in [6, 6.07) is 3.69. The smallest absolute Gasteiger partial charge is 0.306 e. The highest BCUT2D eigenvalue weighted by Gasteiger charge is 2.16.